The van der Waals surface area contributed by atoms with E-state index >= 15 is 0 Å². The van der Waals surface area contributed by atoms with Crippen molar-refractivity contribution in [2.45, 2.75) is 13.0 Å². The summed E-state index contributed by atoms with van der Waals surface area (Å²) in [5, 5.41) is 0.720. The van der Waals surface area contributed by atoms with Gasteiger partial charge < -0.3 is 4.42 Å². The van der Waals surface area contributed by atoms with Gasteiger partial charge >= 0.3 is 0 Å². The lowest BCUT2D eigenvalue weighted by atomic mass is 10.1. The maximum Gasteiger partial charge on any atom is 0.169 e. The molecule has 2 heterocycles. The third-order valence-corrected chi connectivity index (χ3v) is 4.01. The van der Waals surface area contributed by atoms with Crippen molar-refractivity contribution in [3.8, 4) is 0 Å². The second-order valence-corrected chi connectivity index (χ2v) is 5.10. The zero-order chi connectivity index (χ0) is 13.4. The minimum atomic E-state index is -0.374. The monoisotopic (exact) mass is 277 g/mol. The number of hydrogen-bond acceptors (Lipinski definition) is 5. The van der Waals surface area contributed by atoms with Crippen LogP contribution < -0.4 is 11.3 Å². The fourth-order valence-corrected chi connectivity index (χ4v) is 2.93. The Balaban J connectivity index is 2.12. The third-order valence-electron chi connectivity index (χ3n) is 3.01. The second kappa shape index (κ2) is 4.73. The lowest BCUT2D eigenvalue weighted by Gasteiger charge is -2.11. The molecule has 0 aliphatic heterocycles. The Morgan fingerprint density at radius 2 is 2.32 bits per heavy atom. The molecule has 0 bridgehead atoms. The second-order valence-electron chi connectivity index (χ2n) is 4.21. The van der Waals surface area contributed by atoms with Gasteiger partial charge in [-0.05, 0) is 19.1 Å². The van der Waals surface area contributed by atoms with E-state index in [1.807, 2.05) is 6.92 Å². The molecule has 0 fully saturated rings. The van der Waals surface area contributed by atoms with Crippen LogP contribution in [0.2, 0.25) is 0 Å². The fraction of sp³-hybridized carbons (Fsp3) is 0.154. The van der Waals surface area contributed by atoms with Gasteiger partial charge in [-0.15, -0.1) is 11.3 Å². The van der Waals surface area contributed by atoms with Crippen molar-refractivity contribution in [3.05, 3.63) is 51.9 Å². The van der Waals surface area contributed by atoms with Crippen molar-refractivity contribution in [1.82, 2.24) is 10.4 Å². The van der Waals surface area contributed by atoms with E-state index in [9.17, 15) is 4.39 Å². The molecule has 0 saturated heterocycles. The minimum absolute atomic E-state index is 0.250. The van der Waals surface area contributed by atoms with Crippen molar-refractivity contribution >= 4 is 22.3 Å². The van der Waals surface area contributed by atoms with Crippen molar-refractivity contribution in [2.75, 3.05) is 0 Å². The van der Waals surface area contributed by atoms with E-state index in [-0.39, 0.29) is 17.4 Å². The first-order valence-corrected chi connectivity index (χ1v) is 6.62. The first-order valence-electron chi connectivity index (χ1n) is 5.74. The number of para-hydroxylation sites is 1. The Hall–Kier alpha value is -1.76. The average Bonchev–Trinajstić information content (AvgIpc) is 2.99. The Labute approximate surface area is 113 Å². The molecular weight excluding hydrogens is 265 g/mol. The van der Waals surface area contributed by atoms with E-state index in [0.717, 1.165) is 16.0 Å². The number of furan rings is 1. The van der Waals surface area contributed by atoms with E-state index in [4.69, 9.17) is 10.3 Å². The van der Waals surface area contributed by atoms with E-state index in [1.54, 1.807) is 23.7 Å². The third kappa shape index (κ3) is 2.03. The van der Waals surface area contributed by atoms with Gasteiger partial charge in [0.15, 0.2) is 11.4 Å². The molecule has 0 saturated carbocycles. The molecule has 6 heteroatoms. The molecule has 1 unspecified atom stereocenters. The topological polar surface area (TPSA) is 64.1 Å². The van der Waals surface area contributed by atoms with Crippen molar-refractivity contribution in [2.24, 2.45) is 5.84 Å². The van der Waals surface area contributed by atoms with Gasteiger partial charge in [0.2, 0.25) is 0 Å². The molecular formula is C13H12FN3OS. The molecule has 1 atom stereocenters. The fourth-order valence-electron chi connectivity index (χ4n) is 2.06. The van der Waals surface area contributed by atoms with E-state index < -0.39 is 0 Å². The van der Waals surface area contributed by atoms with Crippen LogP contribution in [0, 0.1) is 12.7 Å². The van der Waals surface area contributed by atoms with Crippen LogP contribution in [0.4, 0.5) is 4.39 Å². The number of aryl methyl sites for hydroxylation is 1. The Morgan fingerprint density at radius 1 is 1.47 bits per heavy atom. The molecule has 0 aliphatic carbocycles. The van der Waals surface area contributed by atoms with Gasteiger partial charge in [-0.2, -0.15) is 0 Å². The largest absolute Gasteiger partial charge is 0.456 e. The predicted octanol–water partition coefficient (Wildman–Crippen LogP) is 2.89. The number of thiazole rings is 1. The molecule has 3 aromatic rings. The maximum atomic E-state index is 13.6. The van der Waals surface area contributed by atoms with Gasteiger partial charge in [-0.1, -0.05) is 12.1 Å². The van der Waals surface area contributed by atoms with Crippen LogP contribution in [-0.4, -0.2) is 4.98 Å². The average molecular weight is 277 g/mol. The molecule has 0 spiro atoms. The molecule has 3 rings (SSSR count). The summed E-state index contributed by atoms with van der Waals surface area (Å²) < 4.78 is 19.2. The maximum absolute atomic E-state index is 13.6. The number of benzene rings is 1. The number of nitrogens with zero attached hydrogens (tertiary/aromatic N) is 1. The van der Waals surface area contributed by atoms with Crippen LogP contribution in [-0.2, 0) is 0 Å². The SMILES string of the molecule is Cc1ncsc1C(NN)c1cc2cccc(F)c2o1. The molecule has 3 N–H and O–H groups in total. The highest BCUT2D eigenvalue weighted by Gasteiger charge is 2.21. The number of fused-ring (bicyclic) bond motifs is 1. The normalized spacial score (nSPS) is 13.0. The Morgan fingerprint density at radius 3 is 2.95 bits per heavy atom. The molecule has 4 nitrogen and oxygen atoms in total. The first-order chi connectivity index (χ1) is 9.20. The summed E-state index contributed by atoms with van der Waals surface area (Å²) in [4.78, 5) is 5.15. The van der Waals surface area contributed by atoms with Gasteiger partial charge in [0, 0.05) is 5.39 Å². The van der Waals surface area contributed by atoms with Crippen LogP contribution in [0.3, 0.4) is 0 Å². The summed E-state index contributed by atoms with van der Waals surface area (Å²) in [6.45, 7) is 1.90. The van der Waals surface area contributed by atoms with Crippen molar-refractivity contribution in [1.29, 1.82) is 0 Å². The molecule has 2 aromatic heterocycles. The molecule has 0 aliphatic rings. The van der Waals surface area contributed by atoms with E-state index in [0.29, 0.717) is 5.76 Å². The summed E-state index contributed by atoms with van der Waals surface area (Å²) in [6.07, 6.45) is 0. The number of rotatable bonds is 3. The van der Waals surface area contributed by atoms with Crippen LogP contribution in [0.15, 0.2) is 34.2 Å². The smallest absolute Gasteiger partial charge is 0.169 e. The molecule has 19 heavy (non-hydrogen) atoms. The quantitative estimate of drug-likeness (QED) is 0.571. The van der Waals surface area contributed by atoms with Crippen LogP contribution in [0.5, 0.6) is 0 Å². The van der Waals surface area contributed by atoms with Gasteiger partial charge in [-0.25, -0.2) is 14.8 Å². The number of nitrogens with one attached hydrogen (secondary N) is 1. The van der Waals surface area contributed by atoms with E-state index in [1.165, 1.54) is 17.4 Å². The lowest BCUT2D eigenvalue weighted by Crippen LogP contribution is -2.28. The Bertz CT molecular complexity index is 722. The van der Waals surface area contributed by atoms with Crippen LogP contribution >= 0.6 is 11.3 Å². The highest BCUT2D eigenvalue weighted by atomic mass is 32.1. The highest BCUT2D eigenvalue weighted by molar-refractivity contribution is 7.09. The van der Waals surface area contributed by atoms with Gasteiger partial charge in [0.1, 0.15) is 11.8 Å². The number of halogens is 1. The number of nitrogens with two attached hydrogens (primary N) is 1. The highest BCUT2D eigenvalue weighted by Crippen LogP contribution is 2.32. The molecule has 0 amide bonds. The zero-order valence-corrected chi connectivity index (χ0v) is 11.0. The molecule has 0 radical (unpaired) electrons. The number of hydrazine groups is 1. The predicted molar refractivity (Wildman–Crippen MR) is 72.2 cm³/mol. The first kappa shape index (κ1) is 12.3. The summed E-state index contributed by atoms with van der Waals surface area (Å²) in [5.41, 5.74) is 5.58. The van der Waals surface area contributed by atoms with Crippen LogP contribution in [0.25, 0.3) is 11.0 Å². The zero-order valence-electron chi connectivity index (χ0n) is 10.2. The Kier molecular flexibility index (Phi) is 3.06. The van der Waals surface area contributed by atoms with Gasteiger partial charge in [0.05, 0.1) is 16.1 Å². The van der Waals surface area contributed by atoms with Crippen LogP contribution in [0.1, 0.15) is 22.4 Å². The molecule has 98 valence electrons. The number of aromatic nitrogens is 1. The summed E-state index contributed by atoms with van der Waals surface area (Å²) in [7, 11) is 0. The van der Waals surface area contributed by atoms with Gasteiger partial charge in [-0.3, -0.25) is 5.84 Å². The molecule has 1 aromatic carbocycles. The van der Waals surface area contributed by atoms with Gasteiger partial charge in [0.25, 0.3) is 0 Å². The minimum Gasteiger partial charge on any atom is -0.456 e. The van der Waals surface area contributed by atoms with Crippen molar-refractivity contribution < 1.29 is 8.81 Å². The number of hydrogen-bond donors (Lipinski definition) is 2. The lowest BCUT2D eigenvalue weighted by molar-refractivity contribution is 0.467. The van der Waals surface area contributed by atoms with Crippen molar-refractivity contribution in [3.63, 3.8) is 0 Å². The summed E-state index contributed by atoms with van der Waals surface area (Å²) in [6, 6.07) is 6.30. The van der Waals surface area contributed by atoms with E-state index in [2.05, 4.69) is 10.4 Å². The summed E-state index contributed by atoms with van der Waals surface area (Å²) >= 11 is 1.48. The standard InChI is InChI=1S/C13H12FN3OS/c1-7-13(19-6-16-7)11(17-15)10-5-8-3-2-4-9(14)12(8)18-10/h2-6,11,17H,15H2,1H3. The summed E-state index contributed by atoms with van der Waals surface area (Å²) in [5.74, 6) is 5.80.